The lowest BCUT2D eigenvalue weighted by molar-refractivity contribution is -0.0429. The molecule has 0 spiro atoms. The molecule has 0 amide bonds. The van der Waals surface area contributed by atoms with E-state index < -0.39 is 6.29 Å². The molecule has 1 N–H and O–H groups in total. The van der Waals surface area contributed by atoms with Gasteiger partial charge < -0.3 is 14.6 Å². The fraction of sp³-hybridized carbons (Fsp3) is 0.500. The summed E-state index contributed by atoms with van der Waals surface area (Å²) in [6.45, 7) is 0. The average molecular weight is 143 g/mol. The van der Waals surface area contributed by atoms with Gasteiger partial charge in [0, 0.05) is 7.11 Å². The molecule has 0 saturated heterocycles. The van der Waals surface area contributed by atoms with Crippen LogP contribution in [0.2, 0.25) is 0 Å². The van der Waals surface area contributed by atoms with Crippen LogP contribution in [0, 0.1) is 11.3 Å². The van der Waals surface area contributed by atoms with Crippen LogP contribution in [0.1, 0.15) is 0 Å². The minimum Gasteiger partial charge on any atom is -0.503 e. The van der Waals surface area contributed by atoms with Crippen LogP contribution in [0.4, 0.5) is 0 Å². The molecule has 0 radical (unpaired) electrons. The molecule has 0 rings (SSSR count). The molecule has 0 bridgehead atoms. The molecule has 0 aromatic carbocycles. The Morgan fingerprint density at radius 2 is 2.30 bits per heavy atom. The Hall–Kier alpha value is -1.05. The molecule has 0 aromatic heterocycles. The molecule has 4 nitrogen and oxygen atoms in total. The standard InChI is InChI=1S/C6H9NO3/c1-9-4-5(3-7)6(8)10-2/h4,6,8H,1-2H3. The van der Waals surface area contributed by atoms with Crippen molar-refractivity contribution in [1.82, 2.24) is 0 Å². The zero-order valence-corrected chi connectivity index (χ0v) is 5.87. The highest BCUT2D eigenvalue weighted by Gasteiger charge is 2.07. The van der Waals surface area contributed by atoms with Crippen molar-refractivity contribution in [2.45, 2.75) is 6.29 Å². The van der Waals surface area contributed by atoms with Crippen LogP contribution < -0.4 is 0 Å². The van der Waals surface area contributed by atoms with Crippen molar-refractivity contribution < 1.29 is 14.6 Å². The topological polar surface area (TPSA) is 62.5 Å². The number of aliphatic hydroxyl groups excluding tert-OH is 1. The van der Waals surface area contributed by atoms with E-state index in [9.17, 15) is 0 Å². The van der Waals surface area contributed by atoms with Crippen molar-refractivity contribution in [3.05, 3.63) is 11.8 Å². The molecule has 0 fully saturated rings. The monoisotopic (exact) mass is 143 g/mol. The van der Waals surface area contributed by atoms with E-state index in [-0.39, 0.29) is 5.57 Å². The molecular weight excluding hydrogens is 134 g/mol. The van der Waals surface area contributed by atoms with Crippen molar-refractivity contribution in [2.75, 3.05) is 14.2 Å². The molecule has 56 valence electrons. The van der Waals surface area contributed by atoms with Gasteiger partial charge in [-0.25, -0.2) is 0 Å². The molecule has 10 heavy (non-hydrogen) atoms. The third-order valence-corrected chi connectivity index (χ3v) is 0.863. The van der Waals surface area contributed by atoms with E-state index in [0.29, 0.717) is 0 Å². The number of hydrogen-bond acceptors (Lipinski definition) is 4. The number of rotatable bonds is 3. The fourth-order valence-corrected chi connectivity index (χ4v) is 0.394. The van der Waals surface area contributed by atoms with E-state index >= 15 is 0 Å². The van der Waals surface area contributed by atoms with Gasteiger partial charge in [-0.1, -0.05) is 0 Å². The maximum Gasteiger partial charge on any atom is 0.193 e. The summed E-state index contributed by atoms with van der Waals surface area (Å²) >= 11 is 0. The van der Waals surface area contributed by atoms with Crippen LogP contribution in [-0.4, -0.2) is 25.6 Å². The fourth-order valence-electron chi connectivity index (χ4n) is 0.394. The summed E-state index contributed by atoms with van der Waals surface area (Å²) in [5.74, 6) is 0. The Morgan fingerprint density at radius 1 is 1.70 bits per heavy atom. The third kappa shape index (κ3) is 2.49. The highest BCUT2D eigenvalue weighted by molar-refractivity contribution is 5.20. The van der Waals surface area contributed by atoms with Gasteiger partial charge in [0.2, 0.25) is 0 Å². The summed E-state index contributed by atoms with van der Waals surface area (Å²) in [6, 6.07) is 1.71. The van der Waals surface area contributed by atoms with Gasteiger partial charge in [0.1, 0.15) is 17.9 Å². The minimum absolute atomic E-state index is 0.0463. The smallest absolute Gasteiger partial charge is 0.193 e. The zero-order chi connectivity index (χ0) is 7.98. The molecular formula is C6H9NO3. The van der Waals surface area contributed by atoms with Crippen molar-refractivity contribution in [3.63, 3.8) is 0 Å². The summed E-state index contributed by atoms with van der Waals surface area (Å²) in [5.41, 5.74) is 0.0463. The van der Waals surface area contributed by atoms with Gasteiger partial charge in [-0.05, 0) is 0 Å². The summed E-state index contributed by atoms with van der Waals surface area (Å²) in [7, 11) is 2.69. The summed E-state index contributed by atoms with van der Waals surface area (Å²) < 4.78 is 8.93. The molecule has 0 aliphatic rings. The first-order chi connectivity index (χ1) is 4.76. The largest absolute Gasteiger partial charge is 0.503 e. The molecule has 0 aromatic rings. The number of nitrogens with zero attached hydrogens (tertiary/aromatic N) is 1. The maximum absolute atomic E-state index is 8.86. The van der Waals surface area contributed by atoms with Gasteiger partial charge >= 0.3 is 0 Å². The van der Waals surface area contributed by atoms with Crippen LogP contribution in [0.25, 0.3) is 0 Å². The summed E-state index contributed by atoms with van der Waals surface area (Å²) in [5, 5.41) is 17.2. The Bertz CT molecular complexity index is 159. The highest BCUT2D eigenvalue weighted by atomic mass is 16.6. The van der Waals surface area contributed by atoms with Crippen LogP contribution >= 0.6 is 0 Å². The summed E-state index contributed by atoms with van der Waals surface area (Å²) in [4.78, 5) is 0. The van der Waals surface area contributed by atoms with Crippen LogP contribution in [0.3, 0.4) is 0 Å². The predicted molar refractivity (Wildman–Crippen MR) is 33.7 cm³/mol. The normalized spacial score (nSPS) is 14.0. The predicted octanol–water partition coefficient (Wildman–Crippen LogP) is 0.00508. The lowest BCUT2D eigenvalue weighted by atomic mass is 10.3. The van der Waals surface area contributed by atoms with E-state index in [2.05, 4.69) is 9.47 Å². The van der Waals surface area contributed by atoms with E-state index in [0.717, 1.165) is 6.26 Å². The van der Waals surface area contributed by atoms with Crippen LogP contribution in [0.5, 0.6) is 0 Å². The van der Waals surface area contributed by atoms with Gasteiger partial charge in [-0.3, -0.25) is 0 Å². The first kappa shape index (κ1) is 8.95. The second-order valence-corrected chi connectivity index (χ2v) is 1.51. The van der Waals surface area contributed by atoms with E-state index in [1.54, 1.807) is 6.07 Å². The number of aliphatic hydroxyl groups is 1. The highest BCUT2D eigenvalue weighted by Crippen LogP contribution is 2.00. The number of ether oxygens (including phenoxy) is 2. The lowest BCUT2D eigenvalue weighted by Crippen LogP contribution is -2.11. The number of methoxy groups -OCH3 is 2. The van der Waals surface area contributed by atoms with Crippen molar-refractivity contribution in [2.24, 2.45) is 0 Å². The van der Waals surface area contributed by atoms with Crippen LogP contribution in [0.15, 0.2) is 11.8 Å². The maximum atomic E-state index is 8.86. The molecule has 0 heterocycles. The van der Waals surface area contributed by atoms with Gasteiger partial charge in [0.25, 0.3) is 0 Å². The van der Waals surface area contributed by atoms with Crippen molar-refractivity contribution in [3.8, 4) is 6.07 Å². The Balaban J connectivity index is 4.09. The third-order valence-electron chi connectivity index (χ3n) is 0.863. The summed E-state index contributed by atoms with van der Waals surface area (Å²) in [6.07, 6.45) is -0.0568. The van der Waals surface area contributed by atoms with E-state index in [1.807, 2.05) is 0 Å². The zero-order valence-electron chi connectivity index (χ0n) is 5.87. The van der Waals surface area contributed by atoms with Gasteiger partial charge in [-0.2, -0.15) is 5.26 Å². The average Bonchev–Trinajstić information content (AvgIpc) is 1.99. The van der Waals surface area contributed by atoms with Gasteiger partial charge in [0.05, 0.1) is 7.11 Å². The second-order valence-electron chi connectivity index (χ2n) is 1.51. The van der Waals surface area contributed by atoms with E-state index in [4.69, 9.17) is 10.4 Å². The number of hydrogen-bond donors (Lipinski definition) is 1. The molecule has 4 heteroatoms. The Morgan fingerprint density at radius 3 is 2.60 bits per heavy atom. The molecule has 0 saturated carbocycles. The number of nitriles is 1. The first-order valence-electron chi connectivity index (χ1n) is 2.60. The quantitative estimate of drug-likeness (QED) is 0.343. The van der Waals surface area contributed by atoms with Crippen molar-refractivity contribution >= 4 is 0 Å². The lowest BCUT2D eigenvalue weighted by Gasteiger charge is -2.04. The van der Waals surface area contributed by atoms with Gasteiger partial charge in [0.15, 0.2) is 6.29 Å². The molecule has 0 aliphatic carbocycles. The Kier molecular flexibility index (Phi) is 4.29. The molecule has 1 unspecified atom stereocenters. The van der Waals surface area contributed by atoms with Crippen molar-refractivity contribution in [1.29, 1.82) is 5.26 Å². The van der Waals surface area contributed by atoms with Crippen LogP contribution in [-0.2, 0) is 9.47 Å². The van der Waals surface area contributed by atoms with E-state index in [1.165, 1.54) is 14.2 Å². The molecule has 1 atom stereocenters. The van der Waals surface area contributed by atoms with Gasteiger partial charge in [-0.15, -0.1) is 0 Å². The Labute approximate surface area is 59.3 Å². The molecule has 0 aliphatic heterocycles. The minimum atomic E-state index is -1.19. The SMILES string of the molecule is COC=C(C#N)C(O)OC. The second kappa shape index (κ2) is 4.79. The first-order valence-corrected chi connectivity index (χ1v) is 2.60.